The molecule has 41 heavy (non-hydrogen) atoms. The predicted octanol–water partition coefficient (Wildman–Crippen LogP) is 3.90. The summed E-state index contributed by atoms with van der Waals surface area (Å²) in [5.41, 5.74) is 11.3. The highest BCUT2D eigenvalue weighted by atomic mass is 16.2. The Morgan fingerprint density at radius 1 is 0.829 bits per heavy atom. The second kappa shape index (κ2) is 12.8. The van der Waals surface area contributed by atoms with Crippen molar-refractivity contribution in [3.8, 4) is 0 Å². The first-order valence-corrected chi connectivity index (χ1v) is 14.3. The van der Waals surface area contributed by atoms with Crippen LogP contribution in [0.15, 0.2) is 66.7 Å². The quantitative estimate of drug-likeness (QED) is 0.273. The van der Waals surface area contributed by atoms with Crippen LogP contribution in [0.1, 0.15) is 45.5 Å². The van der Waals surface area contributed by atoms with Crippen LogP contribution >= 0.6 is 0 Å². The minimum absolute atomic E-state index is 0.188. The molecule has 3 amide bonds. The summed E-state index contributed by atoms with van der Waals surface area (Å²) in [7, 11) is 0. The average Bonchev–Trinajstić information content (AvgIpc) is 3.40. The van der Waals surface area contributed by atoms with Crippen LogP contribution in [0.5, 0.6) is 0 Å². The minimum atomic E-state index is -0.266. The van der Waals surface area contributed by atoms with E-state index in [0.29, 0.717) is 48.4 Å². The van der Waals surface area contributed by atoms with Crippen molar-refractivity contribution in [1.82, 2.24) is 10.2 Å². The SMILES string of the molecule is Cc1ccccc1N1CCN(c2ccc(C(=O)NCCCN3CCCC3=O)cc2NC(=O)c2ccc(N)cc2)CC1. The number of nitrogen functional groups attached to an aromatic ring is 1. The first kappa shape index (κ1) is 28.0. The summed E-state index contributed by atoms with van der Waals surface area (Å²) in [6, 6.07) is 20.6. The summed E-state index contributed by atoms with van der Waals surface area (Å²) in [6.07, 6.45) is 2.22. The van der Waals surface area contributed by atoms with Gasteiger partial charge < -0.3 is 31.1 Å². The van der Waals surface area contributed by atoms with Crippen LogP contribution in [0.25, 0.3) is 0 Å². The molecule has 5 rings (SSSR count). The van der Waals surface area contributed by atoms with Gasteiger partial charge in [0, 0.05) is 74.7 Å². The molecule has 0 spiro atoms. The number of para-hydroxylation sites is 1. The zero-order valence-corrected chi connectivity index (χ0v) is 23.6. The first-order valence-electron chi connectivity index (χ1n) is 14.3. The molecule has 0 aromatic heterocycles. The maximum absolute atomic E-state index is 13.2. The van der Waals surface area contributed by atoms with Crippen LogP contribution in [-0.4, -0.2) is 68.4 Å². The summed E-state index contributed by atoms with van der Waals surface area (Å²) in [6.45, 7) is 7.29. The van der Waals surface area contributed by atoms with E-state index in [-0.39, 0.29) is 17.7 Å². The third-order valence-corrected chi connectivity index (χ3v) is 7.82. The molecule has 3 aromatic rings. The molecule has 2 aliphatic heterocycles. The fraction of sp³-hybridized carbons (Fsp3) is 0.344. The van der Waals surface area contributed by atoms with Gasteiger partial charge in [-0.1, -0.05) is 18.2 Å². The van der Waals surface area contributed by atoms with Gasteiger partial charge in [0.05, 0.1) is 11.4 Å². The van der Waals surface area contributed by atoms with Gasteiger partial charge in [-0.2, -0.15) is 0 Å². The summed E-state index contributed by atoms with van der Waals surface area (Å²) in [5.74, 6) is -0.289. The zero-order chi connectivity index (χ0) is 28.8. The van der Waals surface area contributed by atoms with Gasteiger partial charge in [0.1, 0.15) is 0 Å². The standard InChI is InChI=1S/C32H38N6O3/c1-23-6-2-3-7-28(23)36-18-20-37(21-19-36)29-14-11-25(31(40)34-15-5-17-38-16-4-8-30(38)39)22-27(29)35-32(41)24-9-12-26(33)13-10-24/h2-3,6-7,9-14,22H,4-5,8,15-21,33H2,1H3,(H,34,40)(H,35,41). The molecule has 0 atom stereocenters. The number of piperazine rings is 1. The largest absolute Gasteiger partial charge is 0.399 e. The Morgan fingerprint density at radius 2 is 1.51 bits per heavy atom. The molecule has 214 valence electrons. The monoisotopic (exact) mass is 554 g/mol. The van der Waals surface area contributed by atoms with E-state index in [1.54, 1.807) is 36.4 Å². The molecule has 2 heterocycles. The van der Waals surface area contributed by atoms with Gasteiger partial charge in [-0.15, -0.1) is 0 Å². The van der Waals surface area contributed by atoms with E-state index < -0.39 is 0 Å². The number of nitrogens with one attached hydrogen (secondary N) is 2. The zero-order valence-electron chi connectivity index (χ0n) is 23.6. The number of carbonyl (C=O) groups excluding carboxylic acids is 3. The van der Waals surface area contributed by atoms with Crippen LogP contribution in [0.4, 0.5) is 22.7 Å². The molecule has 9 nitrogen and oxygen atoms in total. The number of rotatable bonds is 9. The Labute approximate surface area is 241 Å². The van der Waals surface area contributed by atoms with Crippen LogP contribution < -0.4 is 26.2 Å². The smallest absolute Gasteiger partial charge is 0.255 e. The minimum Gasteiger partial charge on any atom is -0.399 e. The molecule has 2 saturated heterocycles. The molecule has 0 bridgehead atoms. The fourth-order valence-electron chi connectivity index (χ4n) is 5.50. The molecule has 3 aromatic carbocycles. The number of likely N-dealkylation sites (tertiary alicyclic amines) is 1. The Bertz CT molecular complexity index is 1400. The van der Waals surface area contributed by atoms with E-state index in [2.05, 4.69) is 51.6 Å². The maximum Gasteiger partial charge on any atom is 0.255 e. The van der Waals surface area contributed by atoms with Gasteiger partial charge in [-0.3, -0.25) is 14.4 Å². The number of hydrogen-bond donors (Lipinski definition) is 3. The molecule has 2 fully saturated rings. The summed E-state index contributed by atoms with van der Waals surface area (Å²) in [4.78, 5) is 44.5. The highest BCUT2D eigenvalue weighted by Crippen LogP contribution is 2.30. The predicted molar refractivity (Wildman–Crippen MR) is 164 cm³/mol. The van der Waals surface area contributed by atoms with Crippen LogP contribution in [-0.2, 0) is 4.79 Å². The van der Waals surface area contributed by atoms with E-state index in [9.17, 15) is 14.4 Å². The third-order valence-electron chi connectivity index (χ3n) is 7.82. The Morgan fingerprint density at radius 3 is 2.20 bits per heavy atom. The lowest BCUT2D eigenvalue weighted by Gasteiger charge is -2.38. The van der Waals surface area contributed by atoms with E-state index in [1.165, 1.54) is 11.3 Å². The third kappa shape index (κ3) is 6.80. The molecule has 0 unspecified atom stereocenters. The highest BCUT2D eigenvalue weighted by Gasteiger charge is 2.23. The van der Waals surface area contributed by atoms with Crippen molar-refractivity contribution in [2.24, 2.45) is 0 Å². The van der Waals surface area contributed by atoms with E-state index in [4.69, 9.17) is 5.73 Å². The highest BCUT2D eigenvalue weighted by molar-refractivity contribution is 6.07. The fourth-order valence-corrected chi connectivity index (χ4v) is 5.50. The van der Waals surface area contributed by atoms with Crippen molar-refractivity contribution in [2.45, 2.75) is 26.2 Å². The number of anilines is 4. The lowest BCUT2D eigenvalue weighted by Crippen LogP contribution is -2.47. The van der Waals surface area contributed by atoms with E-state index >= 15 is 0 Å². The molecule has 0 radical (unpaired) electrons. The van der Waals surface area contributed by atoms with Gasteiger partial charge in [-0.25, -0.2) is 0 Å². The van der Waals surface area contributed by atoms with Crippen molar-refractivity contribution in [3.05, 3.63) is 83.4 Å². The van der Waals surface area contributed by atoms with Gasteiger partial charge in [0.15, 0.2) is 0 Å². The van der Waals surface area contributed by atoms with Crippen LogP contribution in [0.2, 0.25) is 0 Å². The van der Waals surface area contributed by atoms with E-state index in [0.717, 1.165) is 44.8 Å². The topological polar surface area (TPSA) is 111 Å². The Balaban J connectivity index is 1.29. The van der Waals surface area contributed by atoms with Crippen molar-refractivity contribution in [2.75, 3.05) is 66.7 Å². The lowest BCUT2D eigenvalue weighted by molar-refractivity contribution is -0.127. The number of nitrogens with two attached hydrogens (primary N) is 1. The number of nitrogens with zero attached hydrogens (tertiary/aromatic N) is 3. The lowest BCUT2D eigenvalue weighted by atomic mass is 10.1. The summed E-state index contributed by atoms with van der Waals surface area (Å²) < 4.78 is 0. The van der Waals surface area contributed by atoms with Gasteiger partial charge in [0.25, 0.3) is 11.8 Å². The van der Waals surface area contributed by atoms with Crippen LogP contribution in [0.3, 0.4) is 0 Å². The second-order valence-electron chi connectivity index (χ2n) is 10.7. The molecule has 0 saturated carbocycles. The van der Waals surface area contributed by atoms with Crippen molar-refractivity contribution < 1.29 is 14.4 Å². The number of carbonyl (C=O) groups is 3. The number of aryl methyl sites for hydroxylation is 1. The number of amides is 3. The summed E-state index contributed by atoms with van der Waals surface area (Å²) in [5, 5.41) is 6.00. The van der Waals surface area contributed by atoms with E-state index in [1.807, 2.05) is 11.0 Å². The number of hydrogen-bond acceptors (Lipinski definition) is 6. The van der Waals surface area contributed by atoms with Crippen molar-refractivity contribution in [3.63, 3.8) is 0 Å². The second-order valence-corrected chi connectivity index (χ2v) is 10.7. The molecular formula is C32H38N6O3. The first-order chi connectivity index (χ1) is 19.9. The normalized spacial score (nSPS) is 15.2. The van der Waals surface area contributed by atoms with Crippen LogP contribution in [0, 0.1) is 6.92 Å². The Kier molecular flexibility index (Phi) is 8.72. The van der Waals surface area contributed by atoms with Gasteiger partial charge in [-0.05, 0) is 73.9 Å². The molecular weight excluding hydrogens is 516 g/mol. The Hall–Kier alpha value is -4.53. The summed E-state index contributed by atoms with van der Waals surface area (Å²) >= 11 is 0. The maximum atomic E-state index is 13.2. The van der Waals surface area contributed by atoms with Crippen molar-refractivity contribution >= 4 is 40.5 Å². The van der Waals surface area contributed by atoms with Gasteiger partial charge >= 0.3 is 0 Å². The molecule has 4 N–H and O–H groups in total. The van der Waals surface area contributed by atoms with Gasteiger partial charge in [0.2, 0.25) is 5.91 Å². The molecule has 9 heteroatoms. The number of benzene rings is 3. The molecule has 0 aliphatic carbocycles. The average molecular weight is 555 g/mol. The molecule has 2 aliphatic rings. The van der Waals surface area contributed by atoms with Crippen molar-refractivity contribution in [1.29, 1.82) is 0 Å².